The first-order valence-electron chi connectivity index (χ1n) is 5.20. The lowest BCUT2D eigenvalue weighted by atomic mass is 10.1. The van der Waals surface area contributed by atoms with Crippen molar-refractivity contribution in [2.24, 2.45) is 0 Å². The third-order valence-electron chi connectivity index (χ3n) is 2.85. The molecule has 1 saturated heterocycles. The Balaban J connectivity index is 2.21. The molecule has 1 fully saturated rings. The Hall–Kier alpha value is -0.0800. The van der Waals surface area contributed by atoms with Crippen molar-refractivity contribution < 1.29 is 0 Å². The van der Waals surface area contributed by atoms with Crippen molar-refractivity contribution in [3.8, 4) is 0 Å². The van der Waals surface area contributed by atoms with Gasteiger partial charge in [-0.05, 0) is 32.9 Å². The average Bonchev–Trinajstić information content (AvgIpc) is 2.47. The van der Waals surface area contributed by atoms with Crippen LogP contribution >= 0.6 is 0 Å². The standard InChI is InChI=1S/C10H22N2/c1-4-9(5-2)11-10-6-7-12(3)8-10/h9-11H,4-8H2,1-3H3/t10-/m0/s1. The van der Waals surface area contributed by atoms with Crippen molar-refractivity contribution >= 4 is 0 Å². The SMILES string of the molecule is CCC(CC)N[C@H]1CCN(C)C1. The van der Waals surface area contributed by atoms with Crippen LogP contribution in [0.4, 0.5) is 0 Å². The third kappa shape index (κ3) is 2.76. The molecular formula is C10H22N2. The zero-order chi connectivity index (χ0) is 8.97. The summed E-state index contributed by atoms with van der Waals surface area (Å²) in [7, 11) is 2.20. The van der Waals surface area contributed by atoms with E-state index in [9.17, 15) is 0 Å². The summed E-state index contributed by atoms with van der Waals surface area (Å²) >= 11 is 0. The van der Waals surface area contributed by atoms with Crippen molar-refractivity contribution in [2.45, 2.75) is 45.2 Å². The van der Waals surface area contributed by atoms with Gasteiger partial charge in [-0.1, -0.05) is 13.8 Å². The van der Waals surface area contributed by atoms with Crippen molar-refractivity contribution in [1.82, 2.24) is 10.2 Å². The van der Waals surface area contributed by atoms with E-state index in [0.29, 0.717) is 0 Å². The molecule has 1 rings (SSSR count). The molecule has 1 N–H and O–H groups in total. The number of rotatable bonds is 4. The van der Waals surface area contributed by atoms with Crippen molar-refractivity contribution in [3.05, 3.63) is 0 Å². The molecule has 2 heteroatoms. The molecule has 1 atom stereocenters. The van der Waals surface area contributed by atoms with Crippen LogP contribution in [0, 0.1) is 0 Å². The Morgan fingerprint density at radius 2 is 2.08 bits per heavy atom. The summed E-state index contributed by atoms with van der Waals surface area (Å²) in [6.07, 6.45) is 3.85. The number of likely N-dealkylation sites (tertiary alicyclic amines) is 1. The van der Waals surface area contributed by atoms with Gasteiger partial charge >= 0.3 is 0 Å². The second-order valence-electron chi connectivity index (χ2n) is 3.93. The maximum absolute atomic E-state index is 3.70. The van der Waals surface area contributed by atoms with Gasteiger partial charge in [-0.25, -0.2) is 0 Å². The Morgan fingerprint density at radius 3 is 2.50 bits per heavy atom. The average molecular weight is 170 g/mol. The first-order chi connectivity index (χ1) is 5.76. The van der Waals surface area contributed by atoms with Crippen LogP contribution in [0.25, 0.3) is 0 Å². The fourth-order valence-corrected chi connectivity index (χ4v) is 1.93. The van der Waals surface area contributed by atoms with Crippen LogP contribution in [-0.2, 0) is 0 Å². The molecule has 0 bridgehead atoms. The lowest BCUT2D eigenvalue weighted by Crippen LogP contribution is -2.39. The van der Waals surface area contributed by atoms with Crippen molar-refractivity contribution in [1.29, 1.82) is 0 Å². The third-order valence-corrected chi connectivity index (χ3v) is 2.85. The highest BCUT2D eigenvalue weighted by atomic mass is 15.2. The van der Waals surface area contributed by atoms with E-state index < -0.39 is 0 Å². The van der Waals surface area contributed by atoms with Crippen LogP contribution in [0.3, 0.4) is 0 Å². The molecule has 0 aromatic heterocycles. The summed E-state index contributed by atoms with van der Waals surface area (Å²) in [4.78, 5) is 2.40. The van der Waals surface area contributed by atoms with E-state index in [-0.39, 0.29) is 0 Å². The van der Waals surface area contributed by atoms with Gasteiger partial charge in [0.15, 0.2) is 0 Å². The minimum atomic E-state index is 0.738. The highest BCUT2D eigenvalue weighted by Gasteiger charge is 2.20. The van der Waals surface area contributed by atoms with E-state index in [4.69, 9.17) is 0 Å². The van der Waals surface area contributed by atoms with Gasteiger partial charge in [0.05, 0.1) is 0 Å². The smallest absolute Gasteiger partial charge is 0.0209 e. The molecule has 0 spiro atoms. The van der Waals surface area contributed by atoms with E-state index in [1.165, 1.54) is 32.4 Å². The molecule has 1 heterocycles. The molecule has 72 valence electrons. The molecule has 12 heavy (non-hydrogen) atoms. The Labute approximate surface area is 76.3 Å². The highest BCUT2D eigenvalue weighted by Crippen LogP contribution is 2.08. The molecule has 0 unspecified atom stereocenters. The summed E-state index contributed by atoms with van der Waals surface area (Å²) in [5.74, 6) is 0. The van der Waals surface area contributed by atoms with Crippen LogP contribution in [0.5, 0.6) is 0 Å². The molecular weight excluding hydrogens is 148 g/mol. The normalized spacial score (nSPS) is 25.5. The largest absolute Gasteiger partial charge is 0.310 e. The van der Waals surface area contributed by atoms with Gasteiger partial charge in [0.1, 0.15) is 0 Å². The van der Waals surface area contributed by atoms with Gasteiger partial charge in [0, 0.05) is 18.6 Å². The first-order valence-corrected chi connectivity index (χ1v) is 5.20. The lowest BCUT2D eigenvalue weighted by molar-refractivity contribution is 0.372. The Bertz CT molecular complexity index is 121. The van der Waals surface area contributed by atoms with E-state index in [0.717, 1.165) is 12.1 Å². The summed E-state index contributed by atoms with van der Waals surface area (Å²) in [6, 6.07) is 1.49. The van der Waals surface area contributed by atoms with Gasteiger partial charge in [-0.15, -0.1) is 0 Å². The summed E-state index contributed by atoms with van der Waals surface area (Å²) in [5.41, 5.74) is 0. The maximum atomic E-state index is 3.70. The number of hydrogen-bond acceptors (Lipinski definition) is 2. The number of nitrogens with zero attached hydrogens (tertiary/aromatic N) is 1. The second-order valence-corrected chi connectivity index (χ2v) is 3.93. The predicted octanol–water partition coefficient (Wildman–Crippen LogP) is 1.47. The van der Waals surface area contributed by atoms with E-state index >= 15 is 0 Å². The molecule has 0 amide bonds. The minimum Gasteiger partial charge on any atom is -0.310 e. The van der Waals surface area contributed by atoms with E-state index in [2.05, 4.69) is 31.1 Å². The predicted molar refractivity (Wildman–Crippen MR) is 53.4 cm³/mol. The lowest BCUT2D eigenvalue weighted by Gasteiger charge is -2.20. The summed E-state index contributed by atoms with van der Waals surface area (Å²) in [6.45, 7) is 7.02. The summed E-state index contributed by atoms with van der Waals surface area (Å²) in [5, 5.41) is 3.70. The topological polar surface area (TPSA) is 15.3 Å². The number of hydrogen-bond donors (Lipinski definition) is 1. The highest BCUT2D eigenvalue weighted by molar-refractivity contribution is 4.81. The minimum absolute atomic E-state index is 0.738. The van der Waals surface area contributed by atoms with Crippen LogP contribution in [0.15, 0.2) is 0 Å². The van der Waals surface area contributed by atoms with E-state index in [1.807, 2.05) is 0 Å². The first kappa shape index (κ1) is 10.0. The fourth-order valence-electron chi connectivity index (χ4n) is 1.93. The van der Waals surface area contributed by atoms with Crippen LogP contribution in [0.2, 0.25) is 0 Å². The number of nitrogens with one attached hydrogen (secondary N) is 1. The van der Waals surface area contributed by atoms with Gasteiger partial charge in [-0.2, -0.15) is 0 Å². The Morgan fingerprint density at radius 1 is 1.42 bits per heavy atom. The van der Waals surface area contributed by atoms with Gasteiger partial charge in [0.25, 0.3) is 0 Å². The zero-order valence-corrected chi connectivity index (χ0v) is 8.64. The maximum Gasteiger partial charge on any atom is 0.0209 e. The monoisotopic (exact) mass is 170 g/mol. The van der Waals surface area contributed by atoms with Crippen molar-refractivity contribution in [3.63, 3.8) is 0 Å². The van der Waals surface area contributed by atoms with Gasteiger partial charge in [-0.3, -0.25) is 0 Å². The van der Waals surface area contributed by atoms with Crippen molar-refractivity contribution in [2.75, 3.05) is 20.1 Å². The molecule has 0 aromatic rings. The second kappa shape index (κ2) is 4.83. The van der Waals surface area contributed by atoms with Gasteiger partial charge < -0.3 is 10.2 Å². The molecule has 0 saturated carbocycles. The fraction of sp³-hybridized carbons (Fsp3) is 1.00. The van der Waals surface area contributed by atoms with E-state index in [1.54, 1.807) is 0 Å². The molecule has 2 nitrogen and oxygen atoms in total. The summed E-state index contributed by atoms with van der Waals surface area (Å²) < 4.78 is 0. The van der Waals surface area contributed by atoms with Gasteiger partial charge in [0.2, 0.25) is 0 Å². The molecule has 1 aliphatic heterocycles. The number of likely N-dealkylation sites (N-methyl/N-ethyl adjacent to an activating group) is 1. The van der Waals surface area contributed by atoms with Crippen LogP contribution in [-0.4, -0.2) is 37.1 Å². The zero-order valence-electron chi connectivity index (χ0n) is 8.64. The molecule has 0 radical (unpaired) electrons. The molecule has 0 aromatic carbocycles. The quantitative estimate of drug-likeness (QED) is 0.687. The van der Waals surface area contributed by atoms with Crippen LogP contribution in [0.1, 0.15) is 33.1 Å². The molecule has 0 aliphatic carbocycles. The molecule has 1 aliphatic rings. The van der Waals surface area contributed by atoms with Crippen LogP contribution < -0.4 is 5.32 Å². The Kier molecular flexibility index (Phi) is 4.02.